The largest absolute Gasteiger partial charge is 0.358 e. The van der Waals surface area contributed by atoms with Crippen molar-refractivity contribution in [3.05, 3.63) is 51.3 Å². The van der Waals surface area contributed by atoms with Crippen LogP contribution in [-0.2, 0) is 65.4 Å². The Balaban J connectivity index is -0.0000000450. The van der Waals surface area contributed by atoms with Crippen LogP contribution in [0.15, 0.2) is 36.4 Å². The van der Waals surface area contributed by atoms with Gasteiger partial charge >= 0.3 is 0 Å². The molecule has 0 amide bonds. The Labute approximate surface area is 115 Å². The van der Waals surface area contributed by atoms with Crippen LogP contribution in [0.1, 0.15) is 0 Å². The van der Waals surface area contributed by atoms with E-state index in [1.807, 2.05) is 36.4 Å². The van der Waals surface area contributed by atoms with Crippen molar-refractivity contribution >= 4 is 0 Å². The van der Waals surface area contributed by atoms with Crippen LogP contribution in [0.2, 0.25) is 0 Å². The third-order valence-corrected chi connectivity index (χ3v) is 0.667. The van der Waals surface area contributed by atoms with Gasteiger partial charge in [0.25, 0.3) is 0 Å². The van der Waals surface area contributed by atoms with Crippen LogP contribution >= 0.6 is 0 Å². The monoisotopic (exact) mass is 286 g/mol. The fraction of sp³-hybridized carbons (Fsp3) is 0. The van der Waals surface area contributed by atoms with Crippen LogP contribution in [-0.4, -0.2) is 0 Å². The van der Waals surface area contributed by atoms with Crippen molar-refractivity contribution in [3.63, 3.8) is 0 Å². The van der Waals surface area contributed by atoms with Gasteiger partial charge in [0.2, 0.25) is 0 Å². The molecule has 0 unspecified atom stereocenters. The molecule has 0 nitrogen and oxygen atoms in total. The van der Waals surface area contributed by atoms with E-state index in [4.69, 9.17) is 0 Å². The molecule has 0 heterocycles. The van der Waals surface area contributed by atoms with Crippen LogP contribution < -0.4 is 0 Å². The molecule has 1 rings (SSSR count). The summed E-state index contributed by atoms with van der Waals surface area (Å²) in [4.78, 5) is 0. The Hall–Kier alpha value is 1.43. The predicted molar refractivity (Wildman–Crippen MR) is 39.3 cm³/mol. The molecule has 1 aromatic rings. The first-order chi connectivity index (χ1) is 3.00. The van der Waals surface area contributed by atoms with Gasteiger partial charge in [-0.15, -0.1) is 0 Å². The second-order valence-electron chi connectivity index (χ2n) is 1.15. The Morgan fingerprint density at radius 2 is 0.500 bits per heavy atom. The summed E-state index contributed by atoms with van der Waals surface area (Å²) >= 11 is 0. The van der Waals surface area contributed by atoms with Crippen molar-refractivity contribution < 1.29 is 65.4 Å². The van der Waals surface area contributed by atoms with E-state index in [2.05, 4.69) is 0 Å². The van der Waals surface area contributed by atoms with Crippen LogP contribution in [0.3, 0.4) is 0 Å². The zero-order valence-corrected chi connectivity index (χ0v) is 12.3. The molecular weight excluding hydrogens is 274 g/mol. The summed E-state index contributed by atoms with van der Waals surface area (Å²) < 4.78 is 0. The minimum absolute atomic E-state index is 0. The van der Waals surface area contributed by atoms with Crippen molar-refractivity contribution in [1.29, 1.82) is 0 Å². The van der Waals surface area contributed by atoms with Crippen molar-refractivity contribution in [2.24, 2.45) is 0 Å². The Bertz CT molecular complexity index is 79.2. The molecule has 0 fully saturated rings. The average molecular weight is 286 g/mol. The first-order valence-corrected chi connectivity index (χ1v) is 2.00. The van der Waals surface area contributed by atoms with Crippen LogP contribution in [0.5, 0.6) is 0 Å². The zero-order chi connectivity index (χ0) is 4.24. The molecule has 0 aromatic heterocycles. The fourth-order valence-corrected chi connectivity index (χ4v) is 0.385. The molecule has 2 radical (unpaired) electrons. The molecule has 0 aliphatic heterocycles. The van der Waals surface area contributed by atoms with E-state index in [-0.39, 0.29) is 80.3 Å². The predicted octanol–water partition coefficient (Wildman–Crippen LogP) is 2.58. The Kier molecular flexibility index (Phi) is 37.8. The summed E-state index contributed by atoms with van der Waals surface area (Å²) in [6, 6.07) is 12.0. The van der Waals surface area contributed by atoms with Gasteiger partial charge in [0.15, 0.2) is 0 Å². The third-order valence-electron chi connectivity index (χ3n) is 0.667. The quantitative estimate of drug-likeness (QED) is 0.643. The molecule has 0 aliphatic rings. The molecule has 0 spiro atoms. The van der Waals surface area contributed by atoms with Crippen molar-refractivity contribution in [3.8, 4) is 0 Å². The van der Waals surface area contributed by atoms with Crippen molar-refractivity contribution in [2.45, 2.75) is 0 Å². The minimum Gasteiger partial charge on any atom is -0.358 e. The van der Waals surface area contributed by atoms with Gasteiger partial charge in [0, 0.05) is 65.4 Å². The second-order valence-corrected chi connectivity index (χ2v) is 1.15. The van der Waals surface area contributed by atoms with Gasteiger partial charge in [-0.25, -0.2) is 0 Å². The minimum atomic E-state index is 0. The van der Waals surface area contributed by atoms with Gasteiger partial charge in [-0.05, 0) is 0 Å². The number of hydrogen-bond acceptors (Lipinski definition) is 0. The van der Waals surface area contributed by atoms with Crippen molar-refractivity contribution in [2.75, 3.05) is 0 Å². The topological polar surface area (TPSA) is 0 Å². The number of rotatable bonds is 0. The standard InChI is InChI=1S/C6H6.2CH3.2Y/c1-2-4-6-5-3-1;;;;/h1-6H;2*1H3;;/q;2*-1;;. The Morgan fingerprint density at radius 1 is 0.400 bits per heavy atom. The van der Waals surface area contributed by atoms with Crippen LogP contribution in [0, 0.1) is 14.9 Å². The molecular formula is C8H12Y2-2. The van der Waals surface area contributed by atoms with Gasteiger partial charge in [0.1, 0.15) is 0 Å². The maximum atomic E-state index is 2.00. The van der Waals surface area contributed by atoms with Gasteiger partial charge in [0.05, 0.1) is 0 Å². The van der Waals surface area contributed by atoms with Gasteiger partial charge in [-0.1, -0.05) is 36.4 Å². The molecule has 0 aliphatic carbocycles. The maximum Gasteiger partial charge on any atom is 0 e. The second kappa shape index (κ2) is 16.8. The first-order valence-electron chi connectivity index (χ1n) is 2.00. The molecule has 0 saturated carbocycles. The molecule has 0 saturated heterocycles. The zero-order valence-electron chi connectivity index (χ0n) is 6.62. The first kappa shape index (κ1) is 22.5. The van der Waals surface area contributed by atoms with Gasteiger partial charge in [-0.2, -0.15) is 0 Å². The summed E-state index contributed by atoms with van der Waals surface area (Å²) in [5, 5.41) is 0. The van der Waals surface area contributed by atoms with Gasteiger partial charge in [-0.3, -0.25) is 0 Å². The van der Waals surface area contributed by atoms with Crippen LogP contribution in [0.25, 0.3) is 0 Å². The maximum absolute atomic E-state index is 2.00. The summed E-state index contributed by atoms with van der Waals surface area (Å²) in [5.41, 5.74) is 0. The third kappa shape index (κ3) is 12.1. The van der Waals surface area contributed by atoms with Crippen LogP contribution in [0.4, 0.5) is 0 Å². The summed E-state index contributed by atoms with van der Waals surface area (Å²) in [7, 11) is 0. The van der Waals surface area contributed by atoms with E-state index in [0.717, 1.165) is 0 Å². The number of hydrogen-bond donors (Lipinski definition) is 0. The van der Waals surface area contributed by atoms with E-state index < -0.39 is 0 Å². The molecule has 0 N–H and O–H groups in total. The van der Waals surface area contributed by atoms with E-state index >= 15 is 0 Å². The summed E-state index contributed by atoms with van der Waals surface area (Å²) in [6.45, 7) is 0. The summed E-state index contributed by atoms with van der Waals surface area (Å²) in [5.74, 6) is 0. The van der Waals surface area contributed by atoms with E-state index in [1.165, 1.54) is 0 Å². The smallest absolute Gasteiger partial charge is 0 e. The SMILES string of the molecule is [CH3-].[CH3-].[Y].[Y].c1ccccc1. The van der Waals surface area contributed by atoms with E-state index in [1.54, 1.807) is 0 Å². The van der Waals surface area contributed by atoms with Crippen molar-refractivity contribution in [1.82, 2.24) is 0 Å². The molecule has 2 heteroatoms. The van der Waals surface area contributed by atoms with E-state index in [9.17, 15) is 0 Å². The normalized spacial score (nSPS) is 4.80. The Morgan fingerprint density at radius 3 is 0.600 bits per heavy atom. The average Bonchev–Trinajstić information content (AvgIpc) is 1.72. The molecule has 1 aromatic carbocycles. The molecule has 0 bridgehead atoms. The van der Waals surface area contributed by atoms with Gasteiger partial charge < -0.3 is 14.9 Å². The number of benzene rings is 1. The molecule has 52 valence electrons. The molecule has 0 atom stereocenters. The fourth-order valence-electron chi connectivity index (χ4n) is 0.385. The summed E-state index contributed by atoms with van der Waals surface area (Å²) in [6.07, 6.45) is 0. The van der Waals surface area contributed by atoms with E-state index in [0.29, 0.717) is 0 Å². The molecule has 10 heavy (non-hydrogen) atoms.